The number of carbonyl (C=O) groups excluding carboxylic acids is 1. The van der Waals surface area contributed by atoms with Gasteiger partial charge >= 0.3 is 0 Å². The third-order valence-corrected chi connectivity index (χ3v) is 3.79. The van der Waals surface area contributed by atoms with Crippen LogP contribution in [0.1, 0.15) is 33.6 Å². The maximum Gasteiger partial charge on any atom is 0.253 e. The summed E-state index contributed by atoms with van der Waals surface area (Å²) in [5, 5.41) is 12.7. The Kier molecular flexibility index (Phi) is 4.35. The molecule has 0 atom stereocenters. The number of methoxy groups -OCH3 is 1. The third-order valence-electron chi connectivity index (χ3n) is 3.79. The average Bonchev–Trinajstić information content (AvgIpc) is 3.00. The summed E-state index contributed by atoms with van der Waals surface area (Å²) in [7, 11) is 1.62. The fourth-order valence-electron chi connectivity index (χ4n) is 2.40. The van der Waals surface area contributed by atoms with Gasteiger partial charge in [0, 0.05) is 32.2 Å². The van der Waals surface area contributed by atoms with Crippen molar-refractivity contribution >= 4 is 5.91 Å². The largest absolute Gasteiger partial charge is 0.384 e. The molecule has 7 nitrogen and oxygen atoms in total. The average molecular weight is 312 g/mol. The van der Waals surface area contributed by atoms with Crippen LogP contribution in [0.3, 0.4) is 0 Å². The number of nitrogens with zero attached hydrogens (tertiary/aromatic N) is 4. The fraction of sp³-hybridized carbons (Fsp3) is 0.375. The molecular formula is C16H16N4O3. The van der Waals surface area contributed by atoms with E-state index in [9.17, 15) is 4.79 Å². The van der Waals surface area contributed by atoms with Gasteiger partial charge in [0.05, 0.1) is 24.2 Å². The summed E-state index contributed by atoms with van der Waals surface area (Å²) in [6.07, 6.45) is 0.612. The SMILES string of the molecule is COCCc1noc(C2CN(C(=O)c3ccc(C#N)cc3)C2)n1. The summed E-state index contributed by atoms with van der Waals surface area (Å²) >= 11 is 0. The Morgan fingerprint density at radius 2 is 2.17 bits per heavy atom. The Bertz CT molecular complexity index is 727. The van der Waals surface area contributed by atoms with E-state index in [0.717, 1.165) is 0 Å². The molecule has 1 amide bonds. The summed E-state index contributed by atoms with van der Waals surface area (Å²) in [6.45, 7) is 1.67. The highest BCUT2D eigenvalue weighted by Crippen LogP contribution is 2.27. The van der Waals surface area contributed by atoms with Gasteiger partial charge in [-0.1, -0.05) is 5.16 Å². The Morgan fingerprint density at radius 1 is 1.43 bits per heavy atom. The number of aromatic nitrogens is 2. The van der Waals surface area contributed by atoms with Crippen molar-refractivity contribution < 1.29 is 14.1 Å². The molecule has 2 heterocycles. The van der Waals surface area contributed by atoms with E-state index in [1.165, 1.54) is 0 Å². The summed E-state index contributed by atoms with van der Waals surface area (Å²) < 4.78 is 10.2. The first-order valence-electron chi connectivity index (χ1n) is 7.32. The van der Waals surface area contributed by atoms with Crippen molar-refractivity contribution in [3.8, 4) is 6.07 Å². The minimum absolute atomic E-state index is 0.0511. The van der Waals surface area contributed by atoms with Crippen molar-refractivity contribution in [2.45, 2.75) is 12.3 Å². The predicted molar refractivity (Wildman–Crippen MR) is 79.7 cm³/mol. The monoisotopic (exact) mass is 312 g/mol. The van der Waals surface area contributed by atoms with Crippen molar-refractivity contribution in [3.63, 3.8) is 0 Å². The lowest BCUT2D eigenvalue weighted by atomic mass is 9.98. The maximum atomic E-state index is 12.3. The van der Waals surface area contributed by atoms with Gasteiger partial charge in [0.25, 0.3) is 5.91 Å². The number of carbonyl (C=O) groups is 1. The van der Waals surface area contributed by atoms with Crippen LogP contribution in [0.25, 0.3) is 0 Å². The highest BCUT2D eigenvalue weighted by Gasteiger charge is 2.35. The van der Waals surface area contributed by atoms with E-state index in [4.69, 9.17) is 14.5 Å². The molecule has 1 aromatic heterocycles. The molecule has 1 aromatic carbocycles. The van der Waals surface area contributed by atoms with Crippen LogP contribution in [0.5, 0.6) is 0 Å². The lowest BCUT2D eigenvalue weighted by Gasteiger charge is -2.37. The zero-order valence-electron chi connectivity index (χ0n) is 12.7. The quantitative estimate of drug-likeness (QED) is 0.828. The zero-order valence-corrected chi connectivity index (χ0v) is 12.7. The highest BCUT2D eigenvalue weighted by molar-refractivity contribution is 5.94. The smallest absolute Gasteiger partial charge is 0.253 e. The number of benzene rings is 1. The van der Waals surface area contributed by atoms with Gasteiger partial charge in [0.1, 0.15) is 0 Å². The van der Waals surface area contributed by atoms with Gasteiger partial charge in [-0.2, -0.15) is 10.2 Å². The van der Waals surface area contributed by atoms with E-state index in [-0.39, 0.29) is 11.8 Å². The van der Waals surface area contributed by atoms with Crippen LogP contribution in [0, 0.1) is 11.3 Å². The molecule has 23 heavy (non-hydrogen) atoms. The number of hydrogen-bond donors (Lipinski definition) is 0. The molecule has 1 saturated heterocycles. The van der Waals surface area contributed by atoms with E-state index in [1.807, 2.05) is 6.07 Å². The molecule has 1 aliphatic heterocycles. The number of likely N-dealkylation sites (tertiary alicyclic amines) is 1. The molecule has 0 N–H and O–H groups in total. The van der Waals surface area contributed by atoms with Gasteiger partial charge in [-0.3, -0.25) is 4.79 Å². The molecule has 0 saturated carbocycles. The second-order valence-corrected chi connectivity index (χ2v) is 5.39. The fourth-order valence-corrected chi connectivity index (χ4v) is 2.40. The lowest BCUT2D eigenvalue weighted by Crippen LogP contribution is -2.48. The zero-order chi connectivity index (χ0) is 16.2. The molecule has 1 fully saturated rings. The number of rotatable bonds is 5. The van der Waals surface area contributed by atoms with Crippen LogP contribution in [0.2, 0.25) is 0 Å². The van der Waals surface area contributed by atoms with Crippen LogP contribution < -0.4 is 0 Å². The molecule has 0 bridgehead atoms. The van der Waals surface area contributed by atoms with Gasteiger partial charge < -0.3 is 14.2 Å². The Labute approximate surface area is 133 Å². The summed E-state index contributed by atoms with van der Waals surface area (Å²) in [6, 6.07) is 8.66. The lowest BCUT2D eigenvalue weighted by molar-refractivity contribution is 0.0569. The van der Waals surface area contributed by atoms with Crippen LogP contribution in [0.4, 0.5) is 0 Å². The standard InChI is InChI=1S/C16H16N4O3/c1-22-7-6-14-18-15(23-19-14)13-9-20(10-13)16(21)12-4-2-11(8-17)3-5-12/h2-5,13H,6-7,9-10H2,1H3. The van der Waals surface area contributed by atoms with Crippen molar-refractivity contribution in [1.29, 1.82) is 5.26 Å². The second kappa shape index (κ2) is 6.58. The molecule has 1 aliphatic rings. The number of nitriles is 1. The number of hydrogen-bond acceptors (Lipinski definition) is 6. The van der Waals surface area contributed by atoms with Crippen molar-refractivity contribution in [2.24, 2.45) is 0 Å². The van der Waals surface area contributed by atoms with E-state index in [2.05, 4.69) is 10.1 Å². The van der Waals surface area contributed by atoms with Crippen molar-refractivity contribution in [3.05, 3.63) is 47.1 Å². The molecular weight excluding hydrogens is 296 g/mol. The first-order valence-corrected chi connectivity index (χ1v) is 7.32. The van der Waals surface area contributed by atoms with Gasteiger partial charge in [0.2, 0.25) is 5.89 Å². The minimum atomic E-state index is -0.0511. The summed E-state index contributed by atoms with van der Waals surface area (Å²) in [5.74, 6) is 1.23. The Hall–Kier alpha value is -2.72. The van der Waals surface area contributed by atoms with E-state index >= 15 is 0 Å². The van der Waals surface area contributed by atoms with Gasteiger partial charge in [-0.05, 0) is 24.3 Å². The first kappa shape index (κ1) is 15.2. The topological polar surface area (TPSA) is 92.3 Å². The molecule has 7 heteroatoms. The summed E-state index contributed by atoms with van der Waals surface area (Å²) in [4.78, 5) is 18.4. The van der Waals surface area contributed by atoms with Crippen LogP contribution >= 0.6 is 0 Å². The molecule has 3 rings (SSSR count). The molecule has 0 unspecified atom stereocenters. The minimum Gasteiger partial charge on any atom is -0.384 e. The van der Waals surface area contributed by atoms with E-state index in [1.54, 1.807) is 36.3 Å². The van der Waals surface area contributed by atoms with Gasteiger partial charge in [0.15, 0.2) is 5.82 Å². The molecule has 0 radical (unpaired) electrons. The van der Waals surface area contributed by atoms with Crippen molar-refractivity contribution in [1.82, 2.24) is 15.0 Å². The normalized spacial score (nSPS) is 14.3. The molecule has 0 aliphatic carbocycles. The van der Waals surface area contributed by atoms with Crippen LogP contribution in [-0.4, -0.2) is 47.8 Å². The van der Waals surface area contributed by atoms with E-state index < -0.39 is 0 Å². The van der Waals surface area contributed by atoms with Crippen molar-refractivity contribution in [2.75, 3.05) is 26.8 Å². The van der Waals surface area contributed by atoms with Gasteiger partial charge in [-0.15, -0.1) is 0 Å². The second-order valence-electron chi connectivity index (χ2n) is 5.39. The number of ether oxygens (including phenoxy) is 1. The predicted octanol–water partition coefficient (Wildman–Crippen LogP) is 1.37. The Balaban J connectivity index is 1.56. The van der Waals surface area contributed by atoms with Crippen LogP contribution in [0.15, 0.2) is 28.8 Å². The van der Waals surface area contributed by atoms with Gasteiger partial charge in [-0.25, -0.2) is 0 Å². The maximum absolute atomic E-state index is 12.3. The Morgan fingerprint density at radius 3 is 2.83 bits per heavy atom. The molecule has 2 aromatic rings. The summed E-state index contributed by atoms with van der Waals surface area (Å²) in [5.41, 5.74) is 1.12. The van der Waals surface area contributed by atoms with Crippen LogP contribution in [-0.2, 0) is 11.2 Å². The molecule has 0 spiro atoms. The third kappa shape index (κ3) is 3.22. The highest BCUT2D eigenvalue weighted by atomic mass is 16.5. The molecule has 118 valence electrons. The van der Waals surface area contributed by atoms with E-state index in [0.29, 0.717) is 49.0 Å². The number of amides is 1. The first-order chi connectivity index (χ1) is 11.2.